The average Bonchev–Trinajstić information content (AvgIpc) is 3.28. The zero-order valence-corrected chi connectivity index (χ0v) is 21.7. The number of aromatic nitrogens is 5. The molecule has 3 aromatic rings. The third kappa shape index (κ3) is 5.49. The molecule has 11 nitrogen and oxygen atoms in total. The fraction of sp³-hybridized carbons (Fsp3) is 0.615. The Hall–Kier alpha value is -3.48. The van der Waals surface area contributed by atoms with Crippen molar-refractivity contribution in [2.45, 2.75) is 69.9 Å². The van der Waals surface area contributed by atoms with Crippen LogP contribution in [0.25, 0.3) is 5.65 Å². The molecule has 208 valence electrons. The molecule has 2 saturated carbocycles. The molecule has 3 aliphatic rings. The average molecular weight is 543 g/mol. The summed E-state index contributed by atoms with van der Waals surface area (Å²) in [7, 11) is 0. The summed E-state index contributed by atoms with van der Waals surface area (Å²) in [5, 5.41) is 21.3. The van der Waals surface area contributed by atoms with Gasteiger partial charge in [-0.1, -0.05) is 5.16 Å². The lowest BCUT2D eigenvalue weighted by atomic mass is 9.81. The Morgan fingerprint density at radius 2 is 1.87 bits per heavy atom. The molecule has 3 N–H and O–H groups in total. The van der Waals surface area contributed by atoms with Crippen LogP contribution in [0.2, 0.25) is 0 Å². The molecule has 6 rings (SSSR count). The highest BCUT2D eigenvalue weighted by atomic mass is 19.3. The Kier molecular flexibility index (Phi) is 6.77. The van der Waals surface area contributed by atoms with Gasteiger partial charge in [0.1, 0.15) is 5.69 Å². The molecule has 0 aromatic carbocycles. The molecule has 0 spiro atoms. The first-order valence-electron chi connectivity index (χ1n) is 13.6. The standard InChI is InChI=1S/C26H32F2N8O3/c1-14-21(35-39-34-14)25(38)33-23(16-4-7-26(27,28)8-5-16)19-13-36-20(31-19)10-18(12-30-36)22(15-2-3-15)32-24(37)17-6-9-29-11-17/h10,12-13,15-17,22-23,29H,2-9,11H2,1H3,(H,32,37)(H,33,38)/t17-,22-,23+/m1/s1. The second-order valence-corrected chi connectivity index (χ2v) is 11.1. The van der Waals surface area contributed by atoms with E-state index in [1.165, 1.54) is 0 Å². The summed E-state index contributed by atoms with van der Waals surface area (Å²) in [5.41, 5.74) is 2.35. The van der Waals surface area contributed by atoms with Crippen molar-refractivity contribution in [3.05, 3.63) is 41.1 Å². The van der Waals surface area contributed by atoms with E-state index >= 15 is 0 Å². The second-order valence-electron chi connectivity index (χ2n) is 11.1. The Bertz CT molecular complexity index is 1350. The van der Waals surface area contributed by atoms with Crippen molar-refractivity contribution < 1.29 is 23.0 Å². The molecule has 39 heavy (non-hydrogen) atoms. The van der Waals surface area contributed by atoms with Gasteiger partial charge in [0.2, 0.25) is 11.8 Å². The van der Waals surface area contributed by atoms with Gasteiger partial charge in [-0.15, -0.1) is 0 Å². The maximum Gasteiger partial charge on any atom is 0.276 e. The number of fused-ring (bicyclic) bond motifs is 1. The zero-order valence-electron chi connectivity index (χ0n) is 21.7. The van der Waals surface area contributed by atoms with Crippen LogP contribution >= 0.6 is 0 Å². The van der Waals surface area contributed by atoms with Crippen molar-refractivity contribution in [2.75, 3.05) is 13.1 Å². The molecule has 2 amide bonds. The van der Waals surface area contributed by atoms with E-state index in [4.69, 9.17) is 4.98 Å². The monoisotopic (exact) mass is 542 g/mol. The number of carbonyl (C=O) groups is 2. The van der Waals surface area contributed by atoms with E-state index in [1.54, 1.807) is 23.8 Å². The van der Waals surface area contributed by atoms with Gasteiger partial charge in [0.05, 0.1) is 36.1 Å². The van der Waals surface area contributed by atoms with Gasteiger partial charge < -0.3 is 16.0 Å². The Morgan fingerprint density at radius 3 is 2.54 bits per heavy atom. The van der Waals surface area contributed by atoms with Crippen molar-refractivity contribution in [1.29, 1.82) is 0 Å². The number of nitrogens with one attached hydrogen (secondary N) is 3. The number of halogens is 2. The van der Waals surface area contributed by atoms with E-state index in [2.05, 4.69) is 36.0 Å². The molecule has 2 aliphatic carbocycles. The summed E-state index contributed by atoms with van der Waals surface area (Å²) >= 11 is 0. The van der Waals surface area contributed by atoms with E-state index in [1.807, 2.05) is 6.07 Å². The van der Waals surface area contributed by atoms with Crippen LogP contribution in [0.1, 0.15) is 84.5 Å². The molecule has 3 fully saturated rings. The summed E-state index contributed by atoms with van der Waals surface area (Å²) in [5.74, 6) is -3.06. The van der Waals surface area contributed by atoms with Crippen LogP contribution < -0.4 is 16.0 Å². The molecular weight excluding hydrogens is 510 g/mol. The highest BCUT2D eigenvalue weighted by Crippen LogP contribution is 2.43. The minimum atomic E-state index is -2.70. The largest absolute Gasteiger partial charge is 0.349 e. The number of carbonyl (C=O) groups excluding carboxylic acids is 2. The SMILES string of the molecule is Cc1nonc1C(=O)N[C@H](c1cn2ncc([C@H](NC(=O)[C@@H]3CCNC3)C3CC3)cc2n1)C1CCC(F)(F)CC1. The molecule has 0 bridgehead atoms. The maximum absolute atomic E-state index is 13.9. The number of imidazole rings is 1. The van der Waals surface area contributed by atoms with Crippen LogP contribution in [0.5, 0.6) is 0 Å². The summed E-state index contributed by atoms with van der Waals surface area (Å²) in [6, 6.07) is 1.14. The molecule has 3 aromatic heterocycles. The maximum atomic E-state index is 13.9. The highest BCUT2D eigenvalue weighted by Gasteiger charge is 2.40. The Balaban J connectivity index is 1.27. The fourth-order valence-electron chi connectivity index (χ4n) is 5.76. The van der Waals surface area contributed by atoms with Gasteiger partial charge in [-0.2, -0.15) is 5.10 Å². The van der Waals surface area contributed by atoms with E-state index < -0.39 is 17.9 Å². The van der Waals surface area contributed by atoms with Gasteiger partial charge in [0.15, 0.2) is 11.3 Å². The molecular formula is C26H32F2N8O3. The first-order valence-corrected chi connectivity index (χ1v) is 13.6. The molecule has 1 saturated heterocycles. The summed E-state index contributed by atoms with van der Waals surface area (Å²) in [6.07, 6.45) is 6.36. The number of nitrogens with zero attached hydrogens (tertiary/aromatic N) is 5. The van der Waals surface area contributed by atoms with Gasteiger partial charge >= 0.3 is 0 Å². The Morgan fingerprint density at radius 1 is 1.10 bits per heavy atom. The van der Waals surface area contributed by atoms with Crippen molar-refractivity contribution in [2.24, 2.45) is 17.8 Å². The first kappa shape index (κ1) is 25.8. The van der Waals surface area contributed by atoms with Gasteiger partial charge in [0.25, 0.3) is 5.91 Å². The third-order valence-electron chi connectivity index (χ3n) is 8.25. The summed E-state index contributed by atoms with van der Waals surface area (Å²) < 4.78 is 34.2. The number of rotatable bonds is 8. The molecule has 3 atom stereocenters. The first-order chi connectivity index (χ1) is 18.8. The van der Waals surface area contributed by atoms with Crippen LogP contribution in [-0.4, -0.2) is 55.7 Å². The van der Waals surface area contributed by atoms with Crippen molar-refractivity contribution in [3.63, 3.8) is 0 Å². The topological polar surface area (TPSA) is 139 Å². The smallest absolute Gasteiger partial charge is 0.276 e. The predicted octanol–water partition coefficient (Wildman–Crippen LogP) is 2.89. The second kappa shape index (κ2) is 10.2. The minimum Gasteiger partial charge on any atom is -0.349 e. The highest BCUT2D eigenvalue weighted by molar-refractivity contribution is 5.93. The molecule has 13 heteroatoms. The van der Waals surface area contributed by atoms with Crippen molar-refractivity contribution in [3.8, 4) is 0 Å². The van der Waals surface area contributed by atoms with Crippen molar-refractivity contribution in [1.82, 2.24) is 40.9 Å². The normalized spacial score (nSPS) is 23.0. The molecule has 1 aliphatic heterocycles. The number of aryl methyl sites for hydroxylation is 1. The zero-order chi connectivity index (χ0) is 27.1. The number of alkyl halides is 2. The number of hydrogen-bond donors (Lipinski definition) is 3. The van der Waals surface area contributed by atoms with E-state index in [0.717, 1.165) is 31.4 Å². The molecule has 0 unspecified atom stereocenters. The van der Waals surface area contributed by atoms with Crippen LogP contribution in [0.4, 0.5) is 8.78 Å². The van der Waals surface area contributed by atoms with E-state index in [-0.39, 0.29) is 55.2 Å². The summed E-state index contributed by atoms with van der Waals surface area (Å²) in [4.78, 5) is 30.7. The number of hydrogen-bond acceptors (Lipinski definition) is 8. The lowest BCUT2D eigenvalue weighted by Crippen LogP contribution is -2.37. The van der Waals surface area contributed by atoms with Crippen molar-refractivity contribution >= 4 is 17.5 Å². The van der Waals surface area contributed by atoms with Crippen LogP contribution in [0.3, 0.4) is 0 Å². The molecule has 4 heterocycles. The van der Waals surface area contributed by atoms with Gasteiger partial charge in [-0.25, -0.2) is 22.9 Å². The van der Waals surface area contributed by atoms with E-state index in [0.29, 0.717) is 29.5 Å². The van der Waals surface area contributed by atoms with Crippen LogP contribution in [0.15, 0.2) is 23.1 Å². The quantitative estimate of drug-likeness (QED) is 0.395. The van der Waals surface area contributed by atoms with Gasteiger partial charge in [0, 0.05) is 19.4 Å². The lowest BCUT2D eigenvalue weighted by Gasteiger charge is -2.33. The van der Waals surface area contributed by atoms with E-state index in [9.17, 15) is 18.4 Å². The van der Waals surface area contributed by atoms with Crippen LogP contribution in [0, 0.1) is 24.7 Å². The van der Waals surface area contributed by atoms with Gasteiger partial charge in [-0.3, -0.25) is 9.59 Å². The Labute approximate surface area is 223 Å². The summed E-state index contributed by atoms with van der Waals surface area (Å²) in [6.45, 7) is 3.14. The van der Waals surface area contributed by atoms with Gasteiger partial charge in [-0.05, 0) is 74.2 Å². The lowest BCUT2D eigenvalue weighted by molar-refractivity contribution is -0.125. The molecule has 0 radical (unpaired) electrons. The minimum absolute atomic E-state index is 0.0308. The third-order valence-corrected chi connectivity index (χ3v) is 8.25. The van der Waals surface area contributed by atoms with Crippen LogP contribution in [-0.2, 0) is 4.79 Å². The number of amides is 2. The fourth-order valence-corrected chi connectivity index (χ4v) is 5.76. The predicted molar refractivity (Wildman–Crippen MR) is 134 cm³/mol.